The molecule has 0 saturated carbocycles. The molecule has 8 nitrogen and oxygen atoms in total. The van der Waals surface area contributed by atoms with Crippen LogP contribution in [0.15, 0.2) is 66.1 Å². The van der Waals surface area contributed by atoms with Gasteiger partial charge in [-0.15, -0.1) is 12.4 Å². The fraction of sp³-hybridized carbons (Fsp3) is 0.143. The Balaban J connectivity index is 0.00000289. The number of pyridine rings is 2. The number of nitrogens with zero attached hydrogens (tertiary/aromatic N) is 3. The fourth-order valence-electron chi connectivity index (χ4n) is 3.31. The topological polar surface area (TPSA) is 98.1 Å². The van der Waals surface area contributed by atoms with Gasteiger partial charge in [-0.1, -0.05) is 17.7 Å². The maximum absolute atomic E-state index is 13.3. The Morgan fingerprint density at radius 3 is 2.69 bits per heavy atom. The first kappa shape index (κ1) is 23.8. The van der Waals surface area contributed by atoms with Gasteiger partial charge in [0.05, 0.1) is 18.3 Å². The van der Waals surface area contributed by atoms with Gasteiger partial charge in [-0.3, -0.25) is 4.98 Å². The predicted molar refractivity (Wildman–Crippen MR) is 128 cm³/mol. The standard InChI is InChI=1S/C21H20ClN5O3S.ClH/c1-23-11-14-13-27(31(28,29)16-4-3-8-24-12-16)19-10-15(5-6-17(14)19)26-18-7-9-25-21(30-2)20(18)22;/h3-10,12-13,23H,11H2,1-2H3,(H,25,26);1H. The van der Waals surface area contributed by atoms with E-state index < -0.39 is 10.0 Å². The summed E-state index contributed by atoms with van der Waals surface area (Å²) < 4.78 is 33.1. The first-order chi connectivity index (χ1) is 15.0. The lowest BCUT2D eigenvalue weighted by atomic mass is 10.1. The molecule has 0 aliphatic rings. The van der Waals surface area contributed by atoms with Gasteiger partial charge >= 0.3 is 0 Å². The second kappa shape index (κ2) is 9.74. The molecular formula is C21H21Cl2N5O3S. The average molecular weight is 494 g/mol. The van der Waals surface area contributed by atoms with E-state index in [0.29, 0.717) is 34.3 Å². The molecule has 2 N–H and O–H groups in total. The quantitative estimate of drug-likeness (QED) is 0.397. The lowest BCUT2D eigenvalue weighted by Gasteiger charge is -2.12. The predicted octanol–water partition coefficient (Wildman–Crippen LogP) is 4.22. The molecule has 0 fully saturated rings. The summed E-state index contributed by atoms with van der Waals surface area (Å²) >= 11 is 6.34. The SMILES string of the molecule is CNCc1cn(S(=O)(=O)c2cccnc2)c2cc(Nc3ccnc(OC)c3Cl)ccc12.Cl. The van der Waals surface area contributed by atoms with E-state index >= 15 is 0 Å². The van der Waals surface area contributed by atoms with E-state index in [2.05, 4.69) is 20.6 Å². The minimum absolute atomic E-state index is 0. The number of hydrogen-bond donors (Lipinski definition) is 2. The number of benzene rings is 1. The highest BCUT2D eigenvalue weighted by atomic mass is 35.5. The fourth-order valence-corrected chi connectivity index (χ4v) is 4.89. The van der Waals surface area contributed by atoms with Crippen molar-refractivity contribution in [2.45, 2.75) is 11.4 Å². The second-order valence-corrected chi connectivity index (χ2v) is 8.91. The number of methoxy groups -OCH3 is 1. The summed E-state index contributed by atoms with van der Waals surface area (Å²) in [5.74, 6) is 0.298. The third kappa shape index (κ3) is 4.37. The second-order valence-electron chi connectivity index (χ2n) is 6.71. The molecule has 4 aromatic rings. The van der Waals surface area contributed by atoms with E-state index in [1.807, 2.05) is 19.2 Å². The largest absolute Gasteiger partial charge is 0.480 e. The smallest absolute Gasteiger partial charge is 0.269 e. The van der Waals surface area contributed by atoms with Gasteiger partial charge in [-0.2, -0.15) is 0 Å². The number of hydrogen-bond acceptors (Lipinski definition) is 7. The number of nitrogens with one attached hydrogen (secondary N) is 2. The van der Waals surface area contributed by atoms with Crippen molar-refractivity contribution in [1.29, 1.82) is 0 Å². The van der Waals surface area contributed by atoms with Gasteiger partial charge in [0.1, 0.15) is 9.92 Å². The minimum Gasteiger partial charge on any atom is -0.480 e. The van der Waals surface area contributed by atoms with Crippen molar-refractivity contribution in [2.24, 2.45) is 0 Å². The van der Waals surface area contributed by atoms with Crippen LogP contribution in [0, 0.1) is 0 Å². The molecule has 0 saturated heterocycles. The molecular weight excluding hydrogens is 473 g/mol. The highest BCUT2D eigenvalue weighted by Gasteiger charge is 2.22. The van der Waals surface area contributed by atoms with Crippen LogP contribution in [0.25, 0.3) is 10.9 Å². The van der Waals surface area contributed by atoms with Crippen LogP contribution in [0.1, 0.15) is 5.56 Å². The summed E-state index contributed by atoms with van der Waals surface area (Å²) in [6, 6.07) is 10.4. The van der Waals surface area contributed by atoms with Crippen molar-refractivity contribution >= 4 is 56.3 Å². The summed E-state index contributed by atoms with van der Waals surface area (Å²) in [7, 11) is -0.526. The van der Waals surface area contributed by atoms with Crippen molar-refractivity contribution in [3.05, 3.63) is 71.8 Å². The first-order valence-electron chi connectivity index (χ1n) is 9.35. The lowest BCUT2D eigenvalue weighted by Crippen LogP contribution is -2.12. The van der Waals surface area contributed by atoms with Crippen LogP contribution in [0.3, 0.4) is 0 Å². The Morgan fingerprint density at radius 2 is 2.00 bits per heavy atom. The molecule has 0 radical (unpaired) electrons. The number of halogens is 2. The van der Waals surface area contributed by atoms with Crippen molar-refractivity contribution in [3.63, 3.8) is 0 Å². The van der Waals surface area contributed by atoms with Crippen LogP contribution in [0.2, 0.25) is 5.02 Å². The Labute approximate surface area is 197 Å². The molecule has 0 unspecified atom stereocenters. The van der Waals surface area contributed by atoms with E-state index in [9.17, 15) is 8.42 Å². The lowest BCUT2D eigenvalue weighted by molar-refractivity contribution is 0.398. The Hall–Kier alpha value is -2.85. The number of ether oxygens (including phenoxy) is 1. The summed E-state index contributed by atoms with van der Waals surface area (Å²) in [5.41, 5.74) is 2.66. The first-order valence-corrected chi connectivity index (χ1v) is 11.2. The zero-order valence-corrected chi connectivity index (χ0v) is 19.6. The molecule has 0 spiro atoms. The molecule has 0 aliphatic carbocycles. The van der Waals surface area contributed by atoms with E-state index in [1.54, 1.807) is 30.6 Å². The normalized spacial score (nSPS) is 11.2. The van der Waals surface area contributed by atoms with Gasteiger partial charge in [0.25, 0.3) is 10.0 Å². The summed E-state index contributed by atoms with van der Waals surface area (Å²) in [4.78, 5) is 8.13. The van der Waals surface area contributed by atoms with E-state index in [-0.39, 0.29) is 17.3 Å². The maximum Gasteiger partial charge on any atom is 0.269 e. The summed E-state index contributed by atoms with van der Waals surface area (Å²) in [6.07, 6.45) is 6.08. The number of fused-ring (bicyclic) bond motifs is 1. The molecule has 1 aromatic carbocycles. The Morgan fingerprint density at radius 1 is 1.19 bits per heavy atom. The van der Waals surface area contributed by atoms with Gasteiger partial charge in [-0.05, 0) is 42.9 Å². The molecule has 3 aromatic heterocycles. The van der Waals surface area contributed by atoms with Crippen LogP contribution in [-0.4, -0.2) is 36.5 Å². The molecule has 4 rings (SSSR count). The van der Waals surface area contributed by atoms with Crippen LogP contribution >= 0.6 is 24.0 Å². The molecule has 0 amide bonds. The maximum atomic E-state index is 13.3. The van der Waals surface area contributed by atoms with Gasteiger partial charge in [0.2, 0.25) is 5.88 Å². The van der Waals surface area contributed by atoms with Crippen molar-refractivity contribution in [3.8, 4) is 5.88 Å². The molecule has 32 heavy (non-hydrogen) atoms. The van der Waals surface area contributed by atoms with E-state index in [4.69, 9.17) is 16.3 Å². The minimum atomic E-state index is -3.83. The van der Waals surface area contributed by atoms with Gasteiger partial charge in [0, 0.05) is 42.4 Å². The summed E-state index contributed by atoms with van der Waals surface area (Å²) in [5, 5.41) is 7.45. The third-order valence-corrected chi connectivity index (χ3v) is 6.76. The summed E-state index contributed by atoms with van der Waals surface area (Å²) in [6.45, 7) is 0.520. The third-order valence-electron chi connectivity index (χ3n) is 4.74. The van der Waals surface area contributed by atoms with Crippen LogP contribution in [-0.2, 0) is 16.6 Å². The molecule has 0 atom stereocenters. The molecule has 11 heteroatoms. The number of anilines is 2. The van der Waals surface area contributed by atoms with Gasteiger partial charge < -0.3 is 15.4 Å². The van der Waals surface area contributed by atoms with Crippen molar-refractivity contribution < 1.29 is 13.2 Å². The van der Waals surface area contributed by atoms with Crippen LogP contribution in [0.5, 0.6) is 5.88 Å². The average Bonchev–Trinajstić information content (AvgIpc) is 3.15. The van der Waals surface area contributed by atoms with Gasteiger partial charge in [-0.25, -0.2) is 17.4 Å². The molecule has 0 bridgehead atoms. The molecule has 0 aliphatic heterocycles. The highest BCUT2D eigenvalue weighted by molar-refractivity contribution is 7.90. The zero-order chi connectivity index (χ0) is 22.0. The van der Waals surface area contributed by atoms with Crippen molar-refractivity contribution in [1.82, 2.24) is 19.3 Å². The van der Waals surface area contributed by atoms with Crippen LogP contribution < -0.4 is 15.4 Å². The van der Waals surface area contributed by atoms with Gasteiger partial charge in [0.15, 0.2) is 0 Å². The molecule has 168 valence electrons. The Kier molecular flexibility index (Phi) is 7.25. The van der Waals surface area contributed by atoms with Crippen LogP contribution in [0.4, 0.5) is 11.4 Å². The number of aromatic nitrogens is 3. The number of rotatable bonds is 7. The van der Waals surface area contributed by atoms with E-state index in [0.717, 1.165) is 10.9 Å². The Bertz CT molecular complexity index is 1340. The van der Waals surface area contributed by atoms with E-state index in [1.165, 1.54) is 29.5 Å². The van der Waals surface area contributed by atoms with Crippen molar-refractivity contribution in [2.75, 3.05) is 19.5 Å². The monoisotopic (exact) mass is 493 g/mol. The molecule has 3 heterocycles. The zero-order valence-electron chi connectivity index (χ0n) is 17.2. The highest BCUT2D eigenvalue weighted by Crippen LogP contribution is 2.34.